The van der Waals surface area contributed by atoms with Crippen molar-refractivity contribution in [3.05, 3.63) is 41.0 Å². The molecule has 1 aromatic carbocycles. The lowest BCUT2D eigenvalue weighted by atomic mass is 10.0. The van der Waals surface area contributed by atoms with E-state index in [1.54, 1.807) is 0 Å². The number of nitrogens with zero attached hydrogens (tertiary/aromatic N) is 4. The van der Waals surface area contributed by atoms with E-state index in [-0.39, 0.29) is 23.4 Å². The van der Waals surface area contributed by atoms with Crippen LogP contribution in [-0.4, -0.2) is 40.1 Å². The first-order valence-corrected chi connectivity index (χ1v) is 8.65. The molecular weight excluding hydrogens is 360 g/mol. The predicted molar refractivity (Wildman–Crippen MR) is 88.9 cm³/mol. The fourth-order valence-corrected chi connectivity index (χ4v) is 3.69. The third-order valence-electron chi connectivity index (χ3n) is 4.91. The third kappa shape index (κ3) is 3.00. The standard InChI is InChI=1S/C17H17F2N5O3/c18-9-7-11(19)10-3-1-5-24(13(10)8-9)17(26)23-6-2-4-12(23)16-21-15(14(20)25)22-27-16/h7-8,12H,1-6H2,(H2,20,25). The quantitative estimate of drug-likeness (QED) is 0.863. The van der Waals surface area contributed by atoms with Gasteiger partial charge in [-0.25, -0.2) is 13.6 Å². The maximum atomic E-state index is 14.1. The molecule has 2 aliphatic rings. The number of hydrogen-bond donors (Lipinski definition) is 1. The minimum absolute atomic E-state index is 0.123. The third-order valence-corrected chi connectivity index (χ3v) is 4.91. The van der Waals surface area contributed by atoms with Crippen LogP contribution in [0.15, 0.2) is 16.7 Å². The molecule has 2 N–H and O–H groups in total. The zero-order chi connectivity index (χ0) is 19.1. The highest BCUT2D eigenvalue weighted by Crippen LogP contribution is 2.36. The minimum atomic E-state index is -0.822. The van der Waals surface area contributed by atoms with Crippen molar-refractivity contribution in [2.24, 2.45) is 5.73 Å². The number of fused-ring (bicyclic) bond motifs is 1. The first-order valence-electron chi connectivity index (χ1n) is 8.65. The molecule has 4 rings (SSSR count). The van der Waals surface area contributed by atoms with Crippen LogP contribution < -0.4 is 10.6 Å². The van der Waals surface area contributed by atoms with Crippen molar-refractivity contribution < 1.29 is 22.9 Å². The van der Waals surface area contributed by atoms with E-state index < -0.39 is 23.6 Å². The summed E-state index contributed by atoms with van der Waals surface area (Å²) in [6.07, 6.45) is 2.29. The molecule has 1 unspecified atom stereocenters. The second-order valence-corrected chi connectivity index (χ2v) is 6.59. The van der Waals surface area contributed by atoms with Crippen LogP contribution >= 0.6 is 0 Å². The van der Waals surface area contributed by atoms with Crippen molar-refractivity contribution in [1.82, 2.24) is 15.0 Å². The zero-order valence-corrected chi connectivity index (χ0v) is 14.3. The van der Waals surface area contributed by atoms with Crippen LogP contribution in [0, 0.1) is 11.6 Å². The minimum Gasteiger partial charge on any atom is -0.363 e. The monoisotopic (exact) mass is 377 g/mol. The Bertz CT molecular complexity index is 916. The van der Waals surface area contributed by atoms with E-state index in [4.69, 9.17) is 10.3 Å². The van der Waals surface area contributed by atoms with E-state index in [0.29, 0.717) is 44.3 Å². The second kappa shape index (κ2) is 6.60. The van der Waals surface area contributed by atoms with Crippen molar-refractivity contribution in [3.63, 3.8) is 0 Å². The molecule has 0 radical (unpaired) electrons. The van der Waals surface area contributed by atoms with Crippen molar-refractivity contribution in [2.75, 3.05) is 18.0 Å². The number of aromatic nitrogens is 2. The number of likely N-dealkylation sites (tertiary alicyclic amines) is 1. The molecule has 0 bridgehead atoms. The van der Waals surface area contributed by atoms with Crippen LogP contribution in [0.4, 0.5) is 19.3 Å². The summed E-state index contributed by atoms with van der Waals surface area (Å²) in [5.74, 6) is -2.33. The zero-order valence-electron chi connectivity index (χ0n) is 14.3. The van der Waals surface area contributed by atoms with E-state index in [1.807, 2.05) is 0 Å². The number of nitrogens with two attached hydrogens (primary N) is 1. The molecule has 142 valence electrons. The molecule has 27 heavy (non-hydrogen) atoms. The van der Waals surface area contributed by atoms with Crippen LogP contribution in [0.2, 0.25) is 0 Å². The Hall–Kier alpha value is -3.04. The smallest absolute Gasteiger partial charge is 0.325 e. The Balaban J connectivity index is 1.64. The molecule has 1 saturated heterocycles. The number of carbonyl (C=O) groups is 2. The number of carbonyl (C=O) groups excluding carboxylic acids is 2. The van der Waals surface area contributed by atoms with Crippen LogP contribution in [-0.2, 0) is 6.42 Å². The van der Waals surface area contributed by atoms with Crippen LogP contribution in [0.25, 0.3) is 0 Å². The summed E-state index contributed by atoms with van der Waals surface area (Å²) in [5, 5.41) is 3.51. The van der Waals surface area contributed by atoms with E-state index >= 15 is 0 Å². The van der Waals surface area contributed by atoms with Crippen molar-refractivity contribution in [3.8, 4) is 0 Å². The Labute approximate surface area is 152 Å². The van der Waals surface area contributed by atoms with Gasteiger partial charge in [0.1, 0.15) is 17.7 Å². The largest absolute Gasteiger partial charge is 0.363 e. The number of halogens is 2. The summed E-state index contributed by atoms with van der Waals surface area (Å²) >= 11 is 0. The van der Waals surface area contributed by atoms with Gasteiger partial charge in [0.05, 0.1) is 5.69 Å². The van der Waals surface area contributed by atoms with Gasteiger partial charge < -0.3 is 15.2 Å². The fraction of sp³-hybridized carbons (Fsp3) is 0.412. The Morgan fingerprint density at radius 2 is 2.04 bits per heavy atom. The highest BCUT2D eigenvalue weighted by atomic mass is 19.1. The van der Waals surface area contributed by atoms with Gasteiger partial charge in [-0.05, 0) is 31.7 Å². The average molecular weight is 377 g/mol. The lowest BCUT2D eigenvalue weighted by molar-refractivity contribution is 0.0987. The highest BCUT2D eigenvalue weighted by molar-refractivity contribution is 5.94. The molecule has 1 aromatic heterocycles. The number of benzene rings is 1. The van der Waals surface area contributed by atoms with Crippen molar-refractivity contribution in [2.45, 2.75) is 31.7 Å². The van der Waals surface area contributed by atoms with E-state index in [2.05, 4.69) is 10.1 Å². The number of anilines is 1. The predicted octanol–water partition coefficient (Wildman–Crippen LogP) is 2.16. The first kappa shape index (κ1) is 17.4. The maximum absolute atomic E-state index is 14.1. The van der Waals surface area contributed by atoms with E-state index in [1.165, 1.54) is 15.9 Å². The highest BCUT2D eigenvalue weighted by Gasteiger charge is 2.38. The molecule has 0 saturated carbocycles. The Morgan fingerprint density at radius 3 is 2.78 bits per heavy atom. The molecule has 0 spiro atoms. The van der Waals surface area contributed by atoms with Gasteiger partial charge in [0.15, 0.2) is 0 Å². The summed E-state index contributed by atoms with van der Waals surface area (Å²) in [6, 6.07) is 1.11. The Morgan fingerprint density at radius 1 is 1.22 bits per heavy atom. The van der Waals surface area contributed by atoms with Gasteiger partial charge in [-0.15, -0.1) is 0 Å². The van der Waals surface area contributed by atoms with E-state index in [0.717, 1.165) is 6.07 Å². The SMILES string of the molecule is NC(=O)c1noc(C2CCCN2C(=O)N2CCCc3c(F)cc(F)cc32)n1. The molecule has 10 heteroatoms. The number of urea groups is 1. The molecule has 1 atom stereocenters. The lowest BCUT2D eigenvalue weighted by Gasteiger charge is -2.34. The first-order chi connectivity index (χ1) is 13.0. The number of rotatable bonds is 2. The van der Waals surface area contributed by atoms with Crippen molar-refractivity contribution in [1.29, 1.82) is 0 Å². The van der Waals surface area contributed by atoms with Gasteiger partial charge in [-0.2, -0.15) is 4.98 Å². The summed E-state index contributed by atoms with van der Waals surface area (Å²) in [4.78, 5) is 31.2. The molecule has 0 aliphatic carbocycles. The van der Waals surface area contributed by atoms with Gasteiger partial charge in [0.25, 0.3) is 11.7 Å². The molecule has 3 amide bonds. The van der Waals surface area contributed by atoms with Gasteiger partial charge in [-0.1, -0.05) is 5.16 Å². The molecule has 3 heterocycles. The molecule has 1 fully saturated rings. The molecule has 8 nitrogen and oxygen atoms in total. The maximum Gasteiger partial charge on any atom is 0.325 e. The summed E-state index contributed by atoms with van der Waals surface area (Å²) in [5.41, 5.74) is 5.72. The number of primary amides is 1. The summed E-state index contributed by atoms with van der Waals surface area (Å²) in [6.45, 7) is 0.787. The van der Waals surface area contributed by atoms with Gasteiger partial charge >= 0.3 is 6.03 Å². The Kier molecular flexibility index (Phi) is 4.25. The lowest BCUT2D eigenvalue weighted by Crippen LogP contribution is -2.45. The van der Waals surface area contributed by atoms with Gasteiger partial charge in [0, 0.05) is 24.7 Å². The number of amides is 3. The summed E-state index contributed by atoms with van der Waals surface area (Å²) in [7, 11) is 0. The van der Waals surface area contributed by atoms with E-state index in [9.17, 15) is 18.4 Å². The van der Waals surface area contributed by atoms with Crippen LogP contribution in [0.3, 0.4) is 0 Å². The molecular formula is C17H17F2N5O3. The normalized spacial score (nSPS) is 19.3. The van der Waals surface area contributed by atoms with Gasteiger partial charge in [0.2, 0.25) is 5.89 Å². The molecule has 2 aromatic rings. The van der Waals surface area contributed by atoms with Gasteiger partial charge in [-0.3, -0.25) is 9.69 Å². The topological polar surface area (TPSA) is 106 Å². The fourth-order valence-electron chi connectivity index (χ4n) is 3.69. The molecule has 2 aliphatic heterocycles. The second-order valence-electron chi connectivity index (χ2n) is 6.59. The number of hydrogen-bond acceptors (Lipinski definition) is 5. The van der Waals surface area contributed by atoms with Crippen molar-refractivity contribution >= 4 is 17.6 Å². The van der Waals surface area contributed by atoms with Crippen LogP contribution in [0.1, 0.15) is 47.4 Å². The average Bonchev–Trinajstić information content (AvgIpc) is 3.29. The van der Waals surface area contributed by atoms with Crippen LogP contribution in [0.5, 0.6) is 0 Å². The summed E-state index contributed by atoms with van der Waals surface area (Å²) < 4.78 is 32.9.